The Morgan fingerprint density at radius 1 is 0.591 bits per heavy atom. The van der Waals surface area contributed by atoms with Crippen LogP contribution in [0.1, 0.15) is 183 Å². The largest absolute Gasteiger partial charge is 0.342 e. The lowest BCUT2D eigenvalue weighted by molar-refractivity contribution is 0.0475. The number of nitrogens with zero attached hydrogens (tertiary/aromatic N) is 2. The molecule has 0 aliphatic carbocycles. The molecule has 2 amide bonds. The van der Waals surface area contributed by atoms with E-state index in [1.54, 1.807) is 0 Å². The first kappa shape index (κ1) is 52.8. The van der Waals surface area contributed by atoms with Crippen molar-refractivity contribution in [3.05, 3.63) is 95.6 Å². The van der Waals surface area contributed by atoms with Crippen molar-refractivity contribution in [1.29, 1.82) is 0 Å². The lowest BCUT2D eigenvalue weighted by Crippen LogP contribution is -2.41. The molecule has 0 saturated heterocycles. The van der Waals surface area contributed by atoms with Crippen LogP contribution in [0.15, 0.2) is 84.5 Å². The van der Waals surface area contributed by atoms with E-state index in [0.29, 0.717) is 24.9 Å². The van der Waals surface area contributed by atoms with E-state index in [1.165, 1.54) is 11.1 Å². The van der Waals surface area contributed by atoms with E-state index < -0.39 is 0 Å². The van der Waals surface area contributed by atoms with Crippen LogP contribution in [-0.2, 0) is 0 Å². The van der Waals surface area contributed by atoms with Crippen LogP contribution in [0.25, 0.3) is 43.1 Å². The molecule has 0 N–H and O–H groups in total. The molecule has 5 rings (SSSR count). The highest BCUT2D eigenvalue weighted by atomic mass is 16.2. The van der Waals surface area contributed by atoms with Crippen LogP contribution >= 0.6 is 0 Å². The number of fused-ring (bicyclic) bond motifs is 2. The molecule has 0 radical (unpaired) electrons. The summed E-state index contributed by atoms with van der Waals surface area (Å²) in [7, 11) is 3.92. The molecule has 5 aromatic rings. The summed E-state index contributed by atoms with van der Waals surface area (Å²) in [5.41, 5.74) is 4.84. The van der Waals surface area contributed by atoms with E-state index in [4.69, 9.17) is 6.58 Å². The monoisotopic (exact) mass is 895 g/mol. The molecule has 5 atom stereocenters. The molecule has 66 heavy (non-hydrogen) atoms. The van der Waals surface area contributed by atoms with Gasteiger partial charge in [0.1, 0.15) is 0 Å². The summed E-state index contributed by atoms with van der Waals surface area (Å²) >= 11 is 0. The maximum atomic E-state index is 14.5. The van der Waals surface area contributed by atoms with Crippen molar-refractivity contribution >= 4 is 54.9 Å². The predicted molar refractivity (Wildman–Crippen MR) is 289 cm³/mol. The quantitative estimate of drug-likeness (QED) is 0.0471. The molecule has 4 nitrogen and oxygen atoms in total. The summed E-state index contributed by atoms with van der Waals surface area (Å²) < 4.78 is 0. The van der Waals surface area contributed by atoms with Gasteiger partial charge in [-0.2, -0.15) is 0 Å². The molecular formula is C62H90N2O2. The van der Waals surface area contributed by atoms with Gasteiger partial charge in [-0.15, -0.1) is 0 Å². The Kier molecular flexibility index (Phi) is 15.5. The Morgan fingerprint density at radius 3 is 1.39 bits per heavy atom. The zero-order valence-corrected chi connectivity index (χ0v) is 45.3. The molecule has 0 fully saturated rings. The molecule has 4 heteroatoms. The lowest BCUT2D eigenvalue weighted by Gasteiger charge is -2.48. The van der Waals surface area contributed by atoms with E-state index in [0.717, 1.165) is 99.2 Å². The van der Waals surface area contributed by atoms with Crippen molar-refractivity contribution in [2.45, 2.75) is 163 Å². The highest BCUT2D eigenvalue weighted by molar-refractivity contribution is 6.35. The number of allylic oxidation sites excluding steroid dienone is 3. The molecule has 0 aliphatic rings. The minimum atomic E-state index is -0.0184. The van der Waals surface area contributed by atoms with Crippen molar-refractivity contribution in [2.75, 3.05) is 27.2 Å². The number of hydrogen-bond donors (Lipinski definition) is 0. The molecule has 0 saturated carbocycles. The molecule has 5 aromatic carbocycles. The van der Waals surface area contributed by atoms with Crippen molar-refractivity contribution in [1.82, 2.24) is 9.80 Å². The van der Waals surface area contributed by atoms with Crippen molar-refractivity contribution in [2.24, 2.45) is 44.3 Å². The molecule has 0 bridgehead atoms. The number of benzene rings is 5. The first-order chi connectivity index (χ1) is 30.6. The van der Waals surface area contributed by atoms with Gasteiger partial charge in [0.05, 0.1) is 0 Å². The number of carbonyl (C=O) groups excluding carboxylic acids is 2. The van der Waals surface area contributed by atoms with Crippen LogP contribution in [0.2, 0.25) is 0 Å². The molecule has 0 spiro atoms. The Hall–Kier alpha value is -4.18. The third kappa shape index (κ3) is 9.60. The number of amides is 2. The predicted octanol–water partition coefficient (Wildman–Crippen LogP) is 17.6. The normalized spacial score (nSPS) is 16.9. The van der Waals surface area contributed by atoms with Crippen LogP contribution in [0, 0.1) is 44.3 Å². The second-order valence-corrected chi connectivity index (χ2v) is 24.1. The van der Waals surface area contributed by atoms with Gasteiger partial charge in [-0.3, -0.25) is 9.59 Å². The van der Waals surface area contributed by atoms with Gasteiger partial charge in [0.25, 0.3) is 11.8 Å². The second-order valence-electron chi connectivity index (χ2n) is 24.1. The third-order valence-corrected chi connectivity index (χ3v) is 18.6. The Labute approximate surface area is 402 Å². The third-order valence-electron chi connectivity index (χ3n) is 18.6. The minimum Gasteiger partial charge on any atom is -0.342 e. The van der Waals surface area contributed by atoms with Crippen molar-refractivity contribution in [3.8, 4) is 0 Å². The fourth-order valence-corrected chi connectivity index (χ4v) is 11.5. The average Bonchev–Trinajstić information content (AvgIpc) is 3.28. The fourth-order valence-electron chi connectivity index (χ4n) is 11.5. The first-order valence-corrected chi connectivity index (χ1v) is 25.6. The molecule has 5 unspecified atom stereocenters. The second kappa shape index (κ2) is 19.4. The Balaban J connectivity index is 1.41. The molecule has 0 aromatic heterocycles. The average molecular weight is 895 g/mol. The first-order valence-electron chi connectivity index (χ1n) is 25.6. The van der Waals surface area contributed by atoms with E-state index in [1.807, 2.05) is 36.0 Å². The van der Waals surface area contributed by atoms with Gasteiger partial charge in [-0.1, -0.05) is 190 Å². The van der Waals surface area contributed by atoms with Gasteiger partial charge in [0.2, 0.25) is 0 Å². The number of rotatable bonds is 19. The van der Waals surface area contributed by atoms with Crippen LogP contribution < -0.4 is 0 Å². The van der Waals surface area contributed by atoms with Gasteiger partial charge >= 0.3 is 0 Å². The summed E-state index contributed by atoms with van der Waals surface area (Å²) in [4.78, 5) is 32.8. The van der Waals surface area contributed by atoms with Gasteiger partial charge in [-0.05, 0) is 144 Å². The Bertz CT molecular complexity index is 2560. The molecule has 0 aliphatic heterocycles. The summed E-state index contributed by atoms with van der Waals surface area (Å²) in [5, 5.41) is 8.60. The van der Waals surface area contributed by atoms with E-state index >= 15 is 0 Å². The van der Waals surface area contributed by atoms with Gasteiger partial charge in [0, 0.05) is 38.3 Å². The highest BCUT2D eigenvalue weighted by Crippen LogP contribution is 2.53. The van der Waals surface area contributed by atoms with Crippen LogP contribution in [0.5, 0.6) is 0 Å². The smallest absolute Gasteiger partial charge is 0.254 e. The minimum absolute atomic E-state index is 0.00309. The lowest BCUT2D eigenvalue weighted by atomic mass is 9.57. The summed E-state index contributed by atoms with van der Waals surface area (Å²) in [6.45, 7) is 46.2. The van der Waals surface area contributed by atoms with Gasteiger partial charge in [0.15, 0.2) is 0 Å². The van der Waals surface area contributed by atoms with Crippen LogP contribution in [-0.4, -0.2) is 48.8 Å². The van der Waals surface area contributed by atoms with Crippen molar-refractivity contribution < 1.29 is 9.59 Å². The SMILES string of the molecule is C=C(CC(C)(CC)C(C)(C)C)C(C)(CC)C(C)CCN(C)C(=O)c1ccc2c3cccc4c(C(=O)N(C)CCC(C)C(C)(CC)C(C)(C)/C=C(\CC)C(C)(C)C)ccc(c5cccc1c25)c43. The molecule has 360 valence electrons. The standard InChI is InChI=1S/C62H90N2O2/c1-21-44(57(8,9)10)40-59(14,15)62(18,24-4)42(6)36-38-64(20)56(66)52-34-32-50-45-27-25-29-47-51(33-31-49(53(45)47)46-28-26-30-48(52)54(46)50)55(65)63(19)37-35-41(5)61(17,23-3)43(7)39-60(16,22-2)58(11,12)13/h25-34,40-42H,7,21-24,35-39H2,1-6,8-20H3/b44-40+. The highest BCUT2D eigenvalue weighted by Gasteiger charge is 2.44. The summed E-state index contributed by atoms with van der Waals surface area (Å²) in [5.74, 6) is 0.869. The molecular weight excluding hydrogens is 805 g/mol. The van der Waals surface area contributed by atoms with E-state index in [-0.39, 0.29) is 44.3 Å². The fraction of sp³-hybridized carbons (Fsp3) is 0.581. The van der Waals surface area contributed by atoms with Gasteiger partial charge < -0.3 is 9.80 Å². The van der Waals surface area contributed by atoms with E-state index in [2.05, 4.69) is 172 Å². The molecule has 0 heterocycles. The number of hydrogen-bond acceptors (Lipinski definition) is 2. The number of carbonyl (C=O) groups is 2. The topological polar surface area (TPSA) is 40.6 Å². The maximum absolute atomic E-state index is 14.5. The van der Waals surface area contributed by atoms with Crippen molar-refractivity contribution in [3.63, 3.8) is 0 Å². The zero-order chi connectivity index (χ0) is 49.5. The summed E-state index contributed by atoms with van der Waals surface area (Å²) in [6, 6.07) is 21.1. The van der Waals surface area contributed by atoms with Crippen LogP contribution in [0.3, 0.4) is 0 Å². The summed E-state index contributed by atoms with van der Waals surface area (Å²) in [6.07, 6.45) is 9.66. The van der Waals surface area contributed by atoms with Gasteiger partial charge in [-0.25, -0.2) is 0 Å². The maximum Gasteiger partial charge on any atom is 0.254 e. The van der Waals surface area contributed by atoms with Crippen LogP contribution in [0.4, 0.5) is 0 Å². The Morgan fingerprint density at radius 2 is 1.02 bits per heavy atom. The van der Waals surface area contributed by atoms with E-state index in [9.17, 15) is 9.59 Å². The zero-order valence-electron chi connectivity index (χ0n) is 45.3.